The minimum atomic E-state index is 0.125. The number of furan rings is 1. The molecule has 0 atom stereocenters. The van der Waals surface area contributed by atoms with Gasteiger partial charge in [0.1, 0.15) is 10.6 Å². The van der Waals surface area contributed by atoms with Gasteiger partial charge in [0, 0.05) is 19.6 Å². The first-order valence-corrected chi connectivity index (χ1v) is 9.42. The molecule has 0 aliphatic carbocycles. The van der Waals surface area contributed by atoms with Gasteiger partial charge in [0.05, 0.1) is 5.69 Å². The largest absolute Gasteiger partial charge is 0.459 e. The summed E-state index contributed by atoms with van der Waals surface area (Å²) in [6, 6.07) is 3.84. The zero-order chi connectivity index (χ0) is 16.7. The molecule has 4 heterocycles. The molecule has 24 heavy (non-hydrogen) atoms. The van der Waals surface area contributed by atoms with E-state index >= 15 is 0 Å². The predicted molar refractivity (Wildman–Crippen MR) is 94.3 cm³/mol. The average Bonchev–Trinajstić information content (AvgIpc) is 3.28. The molecule has 2 aliphatic rings. The summed E-state index contributed by atoms with van der Waals surface area (Å²) in [5, 5.41) is 4.26. The molecule has 0 bridgehead atoms. The Morgan fingerprint density at radius 1 is 1.29 bits per heavy atom. The van der Waals surface area contributed by atoms with Gasteiger partial charge >= 0.3 is 0 Å². The van der Waals surface area contributed by atoms with E-state index in [0.29, 0.717) is 5.41 Å². The number of carbonyl (C=O) groups is 1. The van der Waals surface area contributed by atoms with Crippen molar-refractivity contribution in [1.82, 2.24) is 15.2 Å². The van der Waals surface area contributed by atoms with E-state index in [9.17, 15) is 4.79 Å². The minimum absolute atomic E-state index is 0.125. The van der Waals surface area contributed by atoms with Crippen molar-refractivity contribution in [1.29, 1.82) is 0 Å². The highest BCUT2D eigenvalue weighted by Gasteiger charge is 2.38. The molecule has 0 aromatic carbocycles. The maximum atomic E-state index is 12.9. The Bertz CT molecular complexity index is 748. The number of aromatic nitrogens is 1. The molecule has 128 valence electrons. The van der Waals surface area contributed by atoms with Crippen molar-refractivity contribution in [2.45, 2.75) is 33.1 Å². The van der Waals surface area contributed by atoms with E-state index < -0.39 is 0 Å². The van der Waals surface area contributed by atoms with E-state index in [1.807, 2.05) is 30.9 Å². The van der Waals surface area contributed by atoms with Crippen LogP contribution in [0.3, 0.4) is 0 Å². The zero-order valence-corrected chi connectivity index (χ0v) is 15.0. The number of nitrogens with zero attached hydrogens (tertiary/aromatic N) is 2. The third-order valence-corrected chi connectivity index (χ3v) is 6.55. The van der Waals surface area contributed by atoms with Crippen LogP contribution >= 0.6 is 11.3 Å². The second-order valence-corrected chi connectivity index (χ2v) is 8.06. The summed E-state index contributed by atoms with van der Waals surface area (Å²) in [7, 11) is 0. The first-order chi connectivity index (χ1) is 11.6. The summed E-state index contributed by atoms with van der Waals surface area (Å²) >= 11 is 1.44. The molecule has 0 saturated carbocycles. The van der Waals surface area contributed by atoms with E-state index in [0.717, 1.165) is 66.1 Å². The Labute approximate surface area is 146 Å². The molecule has 2 saturated heterocycles. The Hall–Kier alpha value is -1.66. The number of piperidine rings is 1. The van der Waals surface area contributed by atoms with Crippen molar-refractivity contribution in [3.8, 4) is 10.8 Å². The molecular formula is C18H23N3O2S. The number of aryl methyl sites for hydroxylation is 2. The van der Waals surface area contributed by atoms with Crippen molar-refractivity contribution in [2.75, 3.05) is 26.2 Å². The van der Waals surface area contributed by atoms with E-state index in [1.165, 1.54) is 17.8 Å². The summed E-state index contributed by atoms with van der Waals surface area (Å²) in [5.41, 5.74) is 1.23. The van der Waals surface area contributed by atoms with Crippen LogP contribution in [-0.4, -0.2) is 42.0 Å². The molecule has 2 fully saturated rings. The topological polar surface area (TPSA) is 58.4 Å². The monoisotopic (exact) mass is 345 g/mol. The third-order valence-electron chi connectivity index (χ3n) is 5.39. The fourth-order valence-electron chi connectivity index (χ4n) is 3.80. The average molecular weight is 345 g/mol. The SMILES string of the molecule is Cc1ccc(-c2nc(C)c(C(=O)N3CCC4(CCNC4)CC3)s2)o1. The van der Waals surface area contributed by atoms with Gasteiger partial charge in [-0.15, -0.1) is 11.3 Å². The van der Waals surface area contributed by atoms with Gasteiger partial charge in [-0.25, -0.2) is 4.98 Å². The van der Waals surface area contributed by atoms with Crippen LogP contribution in [-0.2, 0) is 0 Å². The van der Waals surface area contributed by atoms with Crippen molar-refractivity contribution in [3.05, 3.63) is 28.5 Å². The highest BCUT2D eigenvalue weighted by molar-refractivity contribution is 7.17. The summed E-state index contributed by atoms with van der Waals surface area (Å²) in [4.78, 5) is 20.2. The predicted octanol–water partition coefficient (Wildman–Crippen LogP) is 3.24. The fourth-order valence-corrected chi connectivity index (χ4v) is 4.80. The Morgan fingerprint density at radius 2 is 2.08 bits per heavy atom. The number of carbonyl (C=O) groups excluding carboxylic acids is 1. The molecule has 2 aromatic rings. The lowest BCUT2D eigenvalue weighted by molar-refractivity contribution is 0.0611. The van der Waals surface area contributed by atoms with Crippen LogP contribution in [0.2, 0.25) is 0 Å². The minimum Gasteiger partial charge on any atom is -0.459 e. The molecular weight excluding hydrogens is 322 g/mol. The van der Waals surface area contributed by atoms with Crippen LogP contribution < -0.4 is 5.32 Å². The Kier molecular flexibility index (Phi) is 3.96. The lowest BCUT2D eigenvalue weighted by Crippen LogP contribution is -2.44. The van der Waals surface area contributed by atoms with Gasteiger partial charge in [-0.1, -0.05) is 0 Å². The second kappa shape index (κ2) is 6.01. The van der Waals surface area contributed by atoms with Crippen molar-refractivity contribution in [3.63, 3.8) is 0 Å². The van der Waals surface area contributed by atoms with Crippen LogP contribution in [0.15, 0.2) is 16.5 Å². The first-order valence-electron chi connectivity index (χ1n) is 8.61. The molecule has 1 N–H and O–H groups in total. The smallest absolute Gasteiger partial charge is 0.265 e. The van der Waals surface area contributed by atoms with Gasteiger partial charge in [-0.05, 0) is 57.2 Å². The third kappa shape index (κ3) is 2.78. The van der Waals surface area contributed by atoms with Crippen LogP contribution in [0.4, 0.5) is 0 Å². The molecule has 5 nitrogen and oxygen atoms in total. The standard InChI is InChI=1S/C18H23N3O2S/c1-12-3-4-14(23-12)16-20-13(2)15(24-16)17(22)21-9-6-18(7-10-21)5-8-19-11-18/h3-4,19H,5-11H2,1-2H3. The van der Waals surface area contributed by atoms with Crippen LogP contribution in [0.1, 0.15) is 40.4 Å². The number of thiazole rings is 1. The molecule has 1 spiro atoms. The summed E-state index contributed by atoms with van der Waals surface area (Å²) in [6.07, 6.45) is 3.46. The van der Waals surface area contributed by atoms with Crippen LogP contribution in [0, 0.1) is 19.3 Å². The van der Waals surface area contributed by atoms with Crippen molar-refractivity contribution >= 4 is 17.2 Å². The Balaban J connectivity index is 1.50. The van der Waals surface area contributed by atoms with Crippen molar-refractivity contribution < 1.29 is 9.21 Å². The van der Waals surface area contributed by atoms with E-state index in [1.54, 1.807) is 0 Å². The van der Waals surface area contributed by atoms with Crippen LogP contribution in [0.5, 0.6) is 0 Å². The van der Waals surface area contributed by atoms with Gasteiger partial charge in [-0.2, -0.15) is 0 Å². The van der Waals surface area contributed by atoms with E-state index in [-0.39, 0.29) is 5.91 Å². The fraction of sp³-hybridized carbons (Fsp3) is 0.556. The van der Waals surface area contributed by atoms with Gasteiger partial charge in [0.2, 0.25) is 0 Å². The number of hydrogen-bond acceptors (Lipinski definition) is 5. The van der Waals surface area contributed by atoms with E-state index in [2.05, 4.69) is 10.3 Å². The van der Waals surface area contributed by atoms with Crippen molar-refractivity contribution in [2.24, 2.45) is 5.41 Å². The van der Waals surface area contributed by atoms with Gasteiger partial charge < -0.3 is 14.6 Å². The molecule has 4 rings (SSSR count). The lowest BCUT2D eigenvalue weighted by Gasteiger charge is -2.38. The number of amides is 1. The molecule has 0 radical (unpaired) electrons. The quantitative estimate of drug-likeness (QED) is 0.908. The number of likely N-dealkylation sites (tertiary alicyclic amines) is 1. The van der Waals surface area contributed by atoms with E-state index in [4.69, 9.17) is 4.42 Å². The lowest BCUT2D eigenvalue weighted by atomic mass is 9.78. The maximum Gasteiger partial charge on any atom is 0.265 e. The summed E-state index contributed by atoms with van der Waals surface area (Å²) < 4.78 is 5.64. The molecule has 0 unspecified atom stereocenters. The first kappa shape index (κ1) is 15.8. The maximum absolute atomic E-state index is 12.9. The van der Waals surface area contributed by atoms with Gasteiger partial charge in [-0.3, -0.25) is 4.79 Å². The zero-order valence-electron chi connectivity index (χ0n) is 14.2. The van der Waals surface area contributed by atoms with Gasteiger partial charge in [0.15, 0.2) is 10.8 Å². The second-order valence-electron chi connectivity index (χ2n) is 7.06. The number of rotatable bonds is 2. The molecule has 2 aliphatic heterocycles. The number of nitrogens with one attached hydrogen (secondary N) is 1. The normalized spacial score (nSPS) is 20.0. The van der Waals surface area contributed by atoms with Crippen LogP contribution in [0.25, 0.3) is 10.8 Å². The summed E-state index contributed by atoms with van der Waals surface area (Å²) in [5.74, 6) is 1.73. The summed E-state index contributed by atoms with van der Waals surface area (Å²) in [6.45, 7) is 7.76. The van der Waals surface area contributed by atoms with Gasteiger partial charge in [0.25, 0.3) is 5.91 Å². The Morgan fingerprint density at radius 3 is 2.71 bits per heavy atom. The highest BCUT2D eigenvalue weighted by atomic mass is 32.1. The molecule has 2 aromatic heterocycles. The molecule has 6 heteroatoms. The molecule has 1 amide bonds. The number of hydrogen-bond donors (Lipinski definition) is 1. The highest BCUT2D eigenvalue weighted by Crippen LogP contribution is 2.38.